The van der Waals surface area contributed by atoms with E-state index < -0.39 is 51.8 Å². The van der Waals surface area contributed by atoms with E-state index in [2.05, 4.69) is 42.7 Å². The first-order valence-corrected chi connectivity index (χ1v) is 20.8. The molecule has 1 unspecified atom stereocenters. The Morgan fingerprint density at radius 3 is 1.47 bits per heavy atom. The molecule has 0 aromatic carbocycles. The molecule has 0 rings (SSSR count). The Morgan fingerprint density at radius 1 is 0.592 bits per heavy atom. The van der Waals surface area contributed by atoms with Crippen LogP contribution < -0.4 is 0 Å². The first-order chi connectivity index (χ1) is 23.7. The van der Waals surface area contributed by atoms with Crippen molar-refractivity contribution in [2.24, 2.45) is 0 Å². The van der Waals surface area contributed by atoms with Crippen LogP contribution in [0.1, 0.15) is 168 Å². The Morgan fingerprint density at radius 2 is 1.00 bits per heavy atom. The van der Waals surface area contributed by atoms with Crippen molar-refractivity contribution in [1.29, 1.82) is 0 Å². The quantitative estimate of drug-likeness (QED) is 0.0248. The van der Waals surface area contributed by atoms with E-state index in [1.165, 1.54) is 51.4 Å². The first-order valence-electron chi connectivity index (χ1n) is 19.3. The molecular formula is C38H71O10P. The molecule has 11 heteroatoms. The van der Waals surface area contributed by atoms with E-state index in [1.807, 2.05) is 0 Å². The summed E-state index contributed by atoms with van der Waals surface area (Å²) in [6, 6.07) is 0. The molecule has 0 saturated heterocycles. The van der Waals surface area contributed by atoms with Crippen molar-refractivity contribution in [3.8, 4) is 0 Å². The third-order valence-corrected chi connectivity index (χ3v) is 9.03. The maximum Gasteiger partial charge on any atom is 0.472 e. The molecule has 0 amide bonds. The fraction of sp³-hybridized carbons (Fsp3) is 0.842. The number of phosphoric acid groups is 1. The smallest absolute Gasteiger partial charge is 0.462 e. The highest BCUT2D eigenvalue weighted by Gasteiger charge is 2.27. The summed E-state index contributed by atoms with van der Waals surface area (Å²) >= 11 is 0. The van der Waals surface area contributed by atoms with E-state index in [0.29, 0.717) is 12.8 Å². The summed E-state index contributed by atoms with van der Waals surface area (Å²) in [6.45, 7) is 2.31. The van der Waals surface area contributed by atoms with Crippen molar-refractivity contribution in [2.75, 3.05) is 26.4 Å². The second-order valence-corrected chi connectivity index (χ2v) is 14.4. The highest BCUT2D eigenvalue weighted by molar-refractivity contribution is 7.47. The van der Waals surface area contributed by atoms with Gasteiger partial charge in [0.2, 0.25) is 0 Å². The van der Waals surface area contributed by atoms with E-state index in [0.717, 1.165) is 77.0 Å². The molecule has 49 heavy (non-hydrogen) atoms. The van der Waals surface area contributed by atoms with Crippen LogP contribution in [0.5, 0.6) is 0 Å². The van der Waals surface area contributed by atoms with Crippen LogP contribution >= 0.6 is 7.82 Å². The summed E-state index contributed by atoms with van der Waals surface area (Å²) in [6.07, 6.45) is 31.4. The third kappa shape index (κ3) is 34.7. The zero-order valence-electron chi connectivity index (χ0n) is 30.9. The Hall–Kier alpha value is -1.55. The number of esters is 2. The molecule has 0 aromatic rings. The summed E-state index contributed by atoms with van der Waals surface area (Å²) in [5, 5.41) is 18.3. The fourth-order valence-corrected chi connectivity index (χ4v) is 5.83. The average Bonchev–Trinajstić information content (AvgIpc) is 3.09. The number of ether oxygens (including phenoxy) is 2. The monoisotopic (exact) mass is 718 g/mol. The first kappa shape index (κ1) is 47.4. The number of hydrogen-bond donors (Lipinski definition) is 3. The van der Waals surface area contributed by atoms with Gasteiger partial charge in [-0.2, -0.15) is 0 Å². The molecule has 3 N–H and O–H groups in total. The molecule has 0 radical (unpaired) electrons. The molecule has 3 atom stereocenters. The van der Waals surface area contributed by atoms with Gasteiger partial charge in [-0.3, -0.25) is 18.6 Å². The lowest BCUT2D eigenvalue weighted by Crippen LogP contribution is -2.29. The van der Waals surface area contributed by atoms with Crippen LogP contribution in [0.4, 0.5) is 0 Å². The van der Waals surface area contributed by atoms with Crippen molar-refractivity contribution < 1.29 is 47.8 Å². The molecule has 0 aromatic heterocycles. The topological polar surface area (TPSA) is 149 Å². The van der Waals surface area contributed by atoms with Gasteiger partial charge in [-0.25, -0.2) is 4.57 Å². The number of hydrogen-bond acceptors (Lipinski definition) is 9. The lowest BCUT2D eigenvalue weighted by molar-refractivity contribution is -0.161. The van der Waals surface area contributed by atoms with Crippen LogP contribution in [0.2, 0.25) is 0 Å². The van der Waals surface area contributed by atoms with Crippen LogP contribution in [0.3, 0.4) is 0 Å². The molecule has 10 nitrogen and oxygen atoms in total. The minimum absolute atomic E-state index is 0.173. The third-order valence-electron chi connectivity index (χ3n) is 8.08. The molecule has 0 aliphatic heterocycles. The number of aliphatic hydroxyl groups excluding tert-OH is 2. The van der Waals surface area contributed by atoms with Gasteiger partial charge in [0, 0.05) is 12.8 Å². The molecule has 288 valence electrons. The zero-order valence-corrected chi connectivity index (χ0v) is 31.8. The number of phosphoric ester groups is 1. The predicted octanol–water partition coefficient (Wildman–Crippen LogP) is 9.44. The zero-order chi connectivity index (χ0) is 36.3. The number of carbonyl (C=O) groups is 2. The minimum atomic E-state index is -4.61. The van der Waals surface area contributed by atoms with Crippen LogP contribution in [0.15, 0.2) is 24.3 Å². The molecule has 0 heterocycles. The van der Waals surface area contributed by atoms with E-state index in [9.17, 15) is 24.2 Å². The van der Waals surface area contributed by atoms with Crippen molar-refractivity contribution in [2.45, 2.75) is 180 Å². The lowest BCUT2D eigenvalue weighted by Gasteiger charge is -2.20. The van der Waals surface area contributed by atoms with Crippen LogP contribution in [0, 0.1) is 0 Å². The largest absolute Gasteiger partial charge is 0.472 e. The Bertz CT molecular complexity index is 879. The van der Waals surface area contributed by atoms with Gasteiger partial charge in [0.25, 0.3) is 0 Å². The van der Waals surface area contributed by atoms with Gasteiger partial charge >= 0.3 is 19.8 Å². The second kappa shape index (κ2) is 34.9. The lowest BCUT2D eigenvalue weighted by atomic mass is 10.1. The Labute approximate surface area is 298 Å². The SMILES string of the molecule is CCCCCC/C=C\CCCCCCCC(=O)OC[C@H](COP(=O)(O)OC[C@@H](O)CO)OC(=O)CCCCCCC/C=C\CCCCCC. The van der Waals surface area contributed by atoms with Crippen LogP contribution in [0.25, 0.3) is 0 Å². The molecular weight excluding hydrogens is 647 g/mol. The minimum Gasteiger partial charge on any atom is -0.462 e. The fourth-order valence-electron chi connectivity index (χ4n) is 5.04. The molecule has 0 bridgehead atoms. The molecule has 0 fully saturated rings. The number of carbonyl (C=O) groups excluding carboxylic acids is 2. The molecule has 0 saturated carbocycles. The van der Waals surface area contributed by atoms with Gasteiger partial charge in [0.1, 0.15) is 12.7 Å². The van der Waals surface area contributed by atoms with Crippen molar-refractivity contribution in [1.82, 2.24) is 0 Å². The van der Waals surface area contributed by atoms with E-state index >= 15 is 0 Å². The van der Waals surface area contributed by atoms with Crippen molar-refractivity contribution >= 4 is 19.8 Å². The number of aliphatic hydroxyl groups is 2. The van der Waals surface area contributed by atoms with Gasteiger partial charge < -0.3 is 24.6 Å². The number of allylic oxidation sites excluding steroid dienone is 4. The second-order valence-electron chi connectivity index (χ2n) is 12.9. The van der Waals surface area contributed by atoms with E-state index in [-0.39, 0.29) is 19.4 Å². The van der Waals surface area contributed by atoms with Crippen molar-refractivity contribution in [3.63, 3.8) is 0 Å². The van der Waals surface area contributed by atoms with Gasteiger partial charge in [-0.1, -0.05) is 115 Å². The highest BCUT2D eigenvalue weighted by Crippen LogP contribution is 2.43. The van der Waals surface area contributed by atoms with E-state index in [4.69, 9.17) is 19.1 Å². The van der Waals surface area contributed by atoms with Crippen LogP contribution in [-0.2, 0) is 32.7 Å². The van der Waals surface area contributed by atoms with Gasteiger partial charge in [0.15, 0.2) is 6.10 Å². The Balaban J connectivity index is 4.39. The maximum absolute atomic E-state index is 12.5. The molecule has 0 aliphatic carbocycles. The molecule has 0 aliphatic rings. The summed E-state index contributed by atoms with van der Waals surface area (Å²) in [4.78, 5) is 34.8. The standard InChI is InChI=1S/C38H71O10P/c1-3-5-7-9-11-13-15-17-19-21-23-25-27-29-37(41)45-33-36(34-47-49(43,44)46-32-35(40)31-39)48-38(42)30-28-26-24-22-20-18-16-14-12-10-8-6-4-2/h13-16,35-36,39-40H,3-12,17-34H2,1-2H3,(H,43,44)/b15-13-,16-14-/t35-,36+/m0/s1. The van der Waals surface area contributed by atoms with Gasteiger partial charge in [0.05, 0.1) is 19.8 Å². The van der Waals surface area contributed by atoms with E-state index in [1.54, 1.807) is 0 Å². The number of unbranched alkanes of at least 4 members (excludes halogenated alkanes) is 18. The highest BCUT2D eigenvalue weighted by atomic mass is 31.2. The van der Waals surface area contributed by atoms with Crippen molar-refractivity contribution in [3.05, 3.63) is 24.3 Å². The summed E-state index contributed by atoms with van der Waals surface area (Å²) in [5.41, 5.74) is 0. The van der Waals surface area contributed by atoms with Gasteiger partial charge in [-0.15, -0.1) is 0 Å². The summed E-state index contributed by atoms with van der Waals surface area (Å²) in [5.74, 6) is -0.945. The maximum atomic E-state index is 12.5. The summed E-state index contributed by atoms with van der Waals surface area (Å²) < 4.78 is 32.6. The molecule has 0 spiro atoms. The Kier molecular flexibility index (Phi) is 33.8. The normalized spacial score (nSPS) is 14.3. The summed E-state index contributed by atoms with van der Waals surface area (Å²) in [7, 11) is -4.61. The predicted molar refractivity (Wildman–Crippen MR) is 196 cm³/mol. The average molecular weight is 719 g/mol. The van der Waals surface area contributed by atoms with Gasteiger partial charge in [-0.05, 0) is 64.2 Å². The number of rotatable bonds is 36. The van der Waals surface area contributed by atoms with Crippen LogP contribution in [-0.4, -0.2) is 65.7 Å².